The van der Waals surface area contributed by atoms with Crippen LogP contribution < -0.4 is 0 Å². The van der Waals surface area contributed by atoms with Gasteiger partial charge in [-0.3, -0.25) is 24.5 Å². The van der Waals surface area contributed by atoms with Gasteiger partial charge in [-0.15, -0.1) is 0 Å². The molecule has 9 nitrogen and oxygen atoms in total. The van der Waals surface area contributed by atoms with E-state index in [-0.39, 0.29) is 19.7 Å². The van der Waals surface area contributed by atoms with E-state index in [0.717, 1.165) is 0 Å². The molecule has 0 saturated heterocycles. The largest absolute Gasteiger partial charge is 0.465 e. The molecule has 0 radical (unpaired) electrons. The van der Waals surface area contributed by atoms with E-state index in [0.29, 0.717) is 0 Å². The Morgan fingerprint density at radius 3 is 2.05 bits per heavy atom. The molecule has 0 N–H and O–H groups in total. The molecule has 0 amide bonds. The van der Waals surface area contributed by atoms with Gasteiger partial charge < -0.3 is 14.2 Å². The minimum Gasteiger partial charge on any atom is -0.465 e. The van der Waals surface area contributed by atoms with E-state index in [1.165, 1.54) is 6.92 Å². The van der Waals surface area contributed by atoms with Gasteiger partial charge in [-0.05, 0) is 20.8 Å². The number of rotatable bonds is 10. The zero-order valence-corrected chi connectivity index (χ0v) is 12.2. The summed E-state index contributed by atoms with van der Waals surface area (Å²) in [6.45, 7) is 3.73. The van der Waals surface area contributed by atoms with Gasteiger partial charge >= 0.3 is 11.9 Å². The first-order valence-electron chi connectivity index (χ1n) is 6.36. The molecule has 1 atom stereocenters. The highest BCUT2D eigenvalue weighted by Crippen LogP contribution is 2.23. The predicted octanol–water partition coefficient (Wildman–Crippen LogP) is 0.327. The van der Waals surface area contributed by atoms with Crippen LogP contribution in [0.25, 0.3) is 0 Å². The Morgan fingerprint density at radius 2 is 1.71 bits per heavy atom. The maximum Gasteiger partial charge on any atom is 0.320 e. The number of hydrogen-bond donors (Lipinski definition) is 0. The standard InChI is InChI=1S/C12H19NO8/c1-4-19-10(15)9(11(16)20-5-2)6-12(3,21-8-14)7-13(17)18/h8-9H,4-7H2,1-3H3. The third-order valence-electron chi connectivity index (χ3n) is 2.57. The number of hydrogen-bond acceptors (Lipinski definition) is 8. The summed E-state index contributed by atoms with van der Waals surface area (Å²) in [6.07, 6.45) is -0.398. The lowest BCUT2D eigenvalue weighted by Crippen LogP contribution is -2.43. The van der Waals surface area contributed by atoms with Crippen LogP contribution in [0.3, 0.4) is 0 Å². The maximum absolute atomic E-state index is 11.8. The molecular weight excluding hydrogens is 286 g/mol. The second kappa shape index (κ2) is 8.88. The Bertz CT molecular complexity index is 379. The van der Waals surface area contributed by atoms with Crippen molar-refractivity contribution in [2.45, 2.75) is 32.8 Å². The monoisotopic (exact) mass is 305 g/mol. The van der Waals surface area contributed by atoms with Crippen LogP contribution in [-0.2, 0) is 28.6 Å². The van der Waals surface area contributed by atoms with E-state index < -0.39 is 41.3 Å². The highest BCUT2D eigenvalue weighted by molar-refractivity contribution is 5.95. The Labute approximate surface area is 121 Å². The summed E-state index contributed by atoms with van der Waals surface area (Å²) < 4.78 is 14.2. The van der Waals surface area contributed by atoms with E-state index in [2.05, 4.69) is 4.74 Å². The summed E-state index contributed by atoms with van der Waals surface area (Å²) in [5, 5.41) is 10.6. The lowest BCUT2D eigenvalue weighted by Gasteiger charge is -2.26. The van der Waals surface area contributed by atoms with Gasteiger partial charge in [-0.25, -0.2) is 0 Å². The van der Waals surface area contributed by atoms with E-state index in [4.69, 9.17) is 9.47 Å². The number of esters is 2. The number of nitrogens with zero attached hydrogens (tertiary/aromatic N) is 1. The zero-order chi connectivity index (χ0) is 16.5. The van der Waals surface area contributed by atoms with E-state index in [1.54, 1.807) is 13.8 Å². The average Bonchev–Trinajstić information content (AvgIpc) is 2.35. The van der Waals surface area contributed by atoms with Gasteiger partial charge in [0.05, 0.1) is 13.2 Å². The molecule has 0 aliphatic rings. The number of ether oxygens (including phenoxy) is 3. The predicted molar refractivity (Wildman–Crippen MR) is 68.8 cm³/mol. The van der Waals surface area contributed by atoms with Crippen molar-refractivity contribution < 1.29 is 33.5 Å². The SMILES string of the molecule is CCOC(=O)C(CC(C)(C[N+](=O)[O-])OC=O)C(=O)OCC. The number of carbonyl (C=O) groups excluding carboxylic acids is 3. The summed E-state index contributed by atoms with van der Waals surface area (Å²) in [7, 11) is 0. The van der Waals surface area contributed by atoms with Crippen LogP contribution >= 0.6 is 0 Å². The lowest BCUT2D eigenvalue weighted by molar-refractivity contribution is -0.499. The fourth-order valence-corrected chi connectivity index (χ4v) is 1.72. The molecule has 0 saturated carbocycles. The normalized spacial score (nSPS) is 13.1. The molecule has 0 aromatic carbocycles. The Kier molecular flexibility index (Phi) is 7.95. The van der Waals surface area contributed by atoms with Crippen LogP contribution in [0.15, 0.2) is 0 Å². The van der Waals surface area contributed by atoms with Crippen molar-refractivity contribution in [2.24, 2.45) is 5.92 Å². The molecular formula is C12H19NO8. The third kappa shape index (κ3) is 6.68. The van der Waals surface area contributed by atoms with Crippen molar-refractivity contribution in [1.82, 2.24) is 0 Å². The first-order chi connectivity index (χ1) is 9.79. The van der Waals surface area contributed by atoms with Crippen molar-refractivity contribution >= 4 is 18.4 Å². The Morgan fingerprint density at radius 1 is 1.24 bits per heavy atom. The van der Waals surface area contributed by atoms with E-state index in [9.17, 15) is 24.5 Å². The van der Waals surface area contributed by atoms with Gasteiger partial charge in [0.2, 0.25) is 6.54 Å². The minimum atomic E-state index is -1.62. The maximum atomic E-state index is 11.8. The molecule has 0 fully saturated rings. The van der Waals surface area contributed by atoms with Gasteiger partial charge in [-0.1, -0.05) is 0 Å². The van der Waals surface area contributed by atoms with E-state index in [1.807, 2.05) is 0 Å². The van der Waals surface area contributed by atoms with Crippen molar-refractivity contribution in [3.8, 4) is 0 Å². The highest BCUT2D eigenvalue weighted by Gasteiger charge is 2.42. The summed E-state index contributed by atoms with van der Waals surface area (Å²) >= 11 is 0. The van der Waals surface area contributed by atoms with Crippen molar-refractivity contribution in [2.75, 3.05) is 19.8 Å². The van der Waals surface area contributed by atoms with Crippen LogP contribution in [-0.4, -0.2) is 48.7 Å². The minimum absolute atomic E-state index is 0.0369. The summed E-state index contributed by atoms with van der Waals surface area (Å²) in [4.78, 5) is 44.0. The number of nitro groups is 1. The number of carbonyl (C=O) groups is 3. The van der Waals surface area contributed by atoms with Gasteiger partial charge in [0.1, 0.15) is 0 Å². The summed E-state index contributed by atoms with van der Waals surface area (Å²) in [5.41, 5.74) is -1.62. The molecule has 0 aromatic heterocycles. The van der Waals surface area contributed by atoms with Gasteiger partial charge in [0.15, 0.2) is 11.5 Å². The summed E-state index contributed by atoms with van der Waals surface area (Å²) in [6, 6.07) is 0. The fraction of sp³-hybridized carbons (Fsp3) is 0.750. The Balaban J connectivity index is 5.20. The van der Waals surface area contributed by atoms with Gasteiger partial charge in [-0.2, -0.15) is 0 Å². The van der Waals surface area contributed by atoms with Crippen LogP contribution in [0, 0.1) is 16.0 Å². The fourth-order valence-electron chi connectivity index (χ4n) is 1.72. The van der Waals surface area contributed by atoms with Crippen molar-refractivity contribution in [3.05, 3.63) is 10.1 Å². The van der Waals surface area contributed by atoms with Crippen LogP contribution in [0.5, 0.6) is 0 Å². The third-order valence-corrected chi connectivity index (χ3v) is 2.57. The zero-order valence-electron chi connectivity index (χ0n) is 12.2. The molecule has 0 heterocycles. The first-order valence-corrected chi connectivity index (χ1v) is 6.36. The molecule has 21 heavy (non-hydrogen) atoms. The molecule has 0 rings (SSSR count). The molecule has 1 unspecified atom stereocenters. The first kappa shape index (κ1) is 18.8. The van der Waals surface area contributed by atoms with E-state index >= 15 is 0 Å². The molecule has 120 valence electrons. The van der Waals surface area contributed by atoms with Crippen LogP contribution in [0.1, 0.15) is 27.2 Å². The van der Waals surface area contributed by atoms with Crippen molar-refractivity contribution in [3.63, 3.8) is 0 Å². The molecule has 0 aliphatic heterocycles. The molecule has 0 spiro atoms. The molecule has 0 aliphatic carbocycles. The molecule has 9 heteroatoms. The molecule has 0 aromatic rings. The second-order valence-electron chi connectivity index (χ2n) is 4.42. The lowest BCUT2D eigenvalue weighted by atomic mass is 9.91. The van der Waals surface area contributed by atoms with Crippen molar-refractivity contribution in [1.29, 1.82) is 0 Å². The van der Waals surface area contributed by atoms with Crippen LogP contribution in [0.4, 0.5) is 0 Å². The highest BCUT2D eigenvalue weighted by atomic mass is 16.6. The van der Waals surface area contributed by atoms with Gasteiger partial charge in [0.25, 0.3) is 6.47 Å². The average molecular weight is 305 g/mol. The van der Waals surface area contributed by atoms with Gasteiger partial charge in [0, 0.05) is 11.3 Å². The second-order valence-corrected chi connectivity index (χ2v) is 4.42. The topological polar surface area (TPSA) is 122 Å². The molecule has 0 bridgehead atoms. The Hall–Kier alpha value is -2.19. The van der Waals surface area contributed by atoms with Crippen LogP contribution in [0.2, 0.25) is 0 Å². The summed E-state index contributed by atoms with van der Waals surface area (Å²) in [5.74, 6) is -3.14. The smallest absolute Gasteiger partial charge is 0.320 e. The quantitative estimate of drug-likeness (QED) is 0.141.